The minimum absolute atomic E-state index is 0.847. The van der Waals surface area contributed by atoms with E-state index in [-0.39, 0.29) is 0 Å². The summed E-state index contributed by atoms with van der Waals surface area (Å²) in [6.45, 7) is 0. The molecule has 3 aromatic heterocycles. The fourth-order valence-corrected chi connectivity index (χ4v) is 10.7. The lowest BCUT2D eigenvalue weighted by Gasteiger charge is -2.27. The maximum Gasteiger partial charge on any atom is 0.145 e. The molecule has 0 saturated carbocycles. The first-order valence-electron chi connectivity index (χ1n) is 23.2. The maximum absolute atomic E-state index is 6.94. The van der Waals surface area contributed by atoms with Crippen molar-refractivity contribution in [2.45, 2.75) is 0 Å². The van der Waals surface area contributed by atoms with E-state index in [1.165, 1.54) is 43.7 Å². The van der Waals surface area contributed by atoms with Crippen LogP contribution in [0.2, 0.25) is 0 Å². The molecule has 0 aliphatic carbocycles. The van der Waals surface area contributed by atoms with E-state index in [0.29, 0.717) is 0 Å². The van der Waals surface area contributed by atoms with E-state index in [4.69, 9.17) is 8.83 Å². The molecule has 0 aliphatic rings. The van der Waals surface area contributed by atoms with Gasteiger partial charge in [0.15, 0.2) is 0 Å². The van der Waals surface area contributed by atoms with Crippen molar-refractivity contribution >= 4 is 93.5 Å². The minimum Gasteiger partial charge on any atom is -0.456 e. The van der Waals surface area contributed by atoms with Gasteiger partial charge in [-0.25, -0.2) is 0 Å². The van der Waals surface area contributed by atoms with Gasteiger partial charge in [0.05, 0.1) is 22.1 Å². The molecule has 68 heavy (non-hydrogen) atoms. The standard InChI is InChI=1S/C64H40N2O2/c1-2-15-48-41(13-1)14-11-20-49(48)42-27-33-45(34-28-42)65(46-35-29-43(30-36-46)50-21-12-26-61-62(50)54-18-5-9-24-59(54)67-61)58-40-39-51(64-63(58)55-19-6-10-25-60(55)68-64)44-31-37-47(38-32-44)66-56-22-7-3-16-52(56)53-17-4-8-23-57(53)66/h1-40H. The zero-order valence-corrected chi connectivity index (χ0v) is 36.8. The van der Waals surface area contributed by atoms with Gasteiger partial charge in [-0.1, -0.05) is 164 Å². The highest BCUT2D eigenvalue weighted by Crippen LogP contribution is 2.47. The summed E-state index contributed by atoms with van der Waals surface area (Å²) >= 11 is 0. The van der Waals surface area contributed by atoms with E-state index >= 15 is 0 Å². The Morgan fingerprint density at radius 2 is 0.794 bits per heavy atom. The monoisotopic (exact) mass is 868 g/mol. The molecule has 11 aromatic carbocycles. The number of furan rings is 2. The van der Waals surface area contributed by atoms with Crippen LogP contribution in [-0.2, 0) is 0 Å². The summed E-state index contributed by atoms with van der Waals surface area (Å²) in [6.07, 6.45) is 0. The highest BCUT2D eigenvalue weighted by Gasteiger charge is 2.23. The highest BCUT2D eigenvalue weighted by atomic mass is 16.3. The normalized spacial score (nSPS) is 11.8. The first kappa shape index (κ1) is 38.2. The number of fused-ring (bicyclic) bond motifs is 10. The Labute approximate surface area is 391 Å². The van der Waals surface area contributed by atoms with Gasteiger partial charge in [-0.3, -0.25) is 0 Å². The topological polar surface area (TPSA) is 34.5 Å². The zero-order chi connectivity index (χ0) is 44.7. The van der Waals surface area contributed by atoms with Gasteiger partial charge < -0.3 is 18.3 Å². The molecule has 0 amide bonds. The molecule has 4 nitrogen and oxygen atoms in total. The van der Waals surface area contributed by atoms with Crippen molar-refractivity contribution in [3.05, 3.63) is 243 Å². The Morgan fingerprint density at radius 3 is 1.49 bits per heavy atom. The van der Waals surface area contributed by atoms with Crippen LogP contribution in [0, 0.1) is 0 Å². The smallest absolute Gasteiger partial charge is 0.145 e. The lowest BCUT2D eigenvalue weighted by Crippen LogP contribution is -2.10. The van der Waals surface area contributed by atoms with Gasteiger partial charge >= 0.3 is 0 Å². The lowest BCUT2D eigenvalue weighted by atomic mass is 9.97. The predicted molar refractivity (Wildman–Crippen MR) is 284 cm³/mol. The fourth-order valence-electron chi connectivity index (χ4n) is 10.7. The number of hydrogen-bond acceptors (Lipinski definition) is 3. The van der Waals surface area contributed by atoms with E-state index in [9.17, 15) is 0 Å². The SMILES string of the molecule is c1ccc2c(-c3ccc(N(c4ccc(-c5cccc6oc7ccccc7c56)cc4)c4ccc(-c5ccc(-n6c7ccccc7c7ccccc76)cc5)c5oc6ccccc6c45)cc3)cccc2c1. The van der Waals surface area contributed by atoms with Crippen molar-refractivity contribution in [1.82, 2.24) is 4.57 Å². The summed E-state index contributed by atoms with van der Waals surface area (Å²) in [4.78, 5) is 2.38. The van der Waals surface area contributed by atoms with Crippen LogP contribution in [0.5, 0.6) is 0 Å². The van der Waals surface area contributed by atoms with Crippen LogP contribution < -0.4 is 4.90 Å². The van der Waals surface area contributed by atoms with E-state index in [1.807, 2.05) is 12.1 Å². The van der Waals surface area contributed by atoms with Crippen molar-refractivity contribution in [3.63, 3.8) is 0 Å². The van der Waals surface area contributed by atoms with Crippen molar-refractivity contribution in [3.8, 4) is 39.1 Å². The second kappa shape index (κ2) is 15.2. The Kier molecular flexibility index (Phi) is 8.55. The number of hydrogen-bond donors (Lipinski definition) is 0. The fraction of sp³-hybridized carbons (Fsp3) is 0. The van der Waals surface area contributed by atoms with E-state index in [2.05, 4.69) is 240 Å². The Bertz CT molecular complexity index is 4190. The molecule has 14 rings (SSSR count). The molecule has 0 unspecified atom stereocenters. The third-order valence-corrected chi connectivity index (χ3v) is 13.8. The molecule has 0 radical (unpaired) electrons. The lowest BCUT2D eigenvalue weighted by molar-refractivity contribution is 0.669. The molecule has 3 heterocycles. The number of aromatic nitrogens is 1. The Morgan fingerprint density at radius 1 is 0.309 bits per heavy atom. The number of para-hydroxylation sites is 4. The zero-order valence-electron chi connectivity index (χ0n) is 36.8. The number of benzene rings is 11. The Balaban J connectivity index is 0.932. The second-order valence-corrected chi connectivity index (χ2v) is 17.6. The summed E-state index contributed by atoms with van der Waals surface area (Å²) in [5.41, 5.74) is 16.8. The van der Waals surface area contributed by atoms with E-state index in [0.717, 1.165) is 88.9 Å². The molecule has 0 N–H and O–H groups in total. The van der Waals surface area contributed by atoms with Crippen LogP contribution in [0.25, 0.3) is 116 Å². The van der Waals surface area contributed by atoms with Gasteiger partial charge in [-0.05, 0) is 117 Å². The quantitative estimate of drug-likeness (QED) is 0.160. The third-order valence-electron chi connectivity index (χ3n) is 13.8. The minimum atomic E-state index is 0.847. The summed E-state index contributed by atoms with van der Waals surface area (Å²) < 4.78 is 15.6. The van der Waals surface area contributed by atoms with Gasteiger partial charge in [0.25, 0.3) is 0 Å². The van der Waals surface area contributed by atoms with Crippen molar-refractivity contribution < 1.29 is 8.83 Å². The maximum atomic E-state index is 6.94. The molecule has 318 valence electrons. The van der Waals surface area contributed by atoms with Crippen LogP contribution in [0.15, 0.2) is 251 Å². The van der Waals surface area contributed by atoms with Crippen molar-refractivity contribution in [2.24, 2.45) is 0 Å². The first-order valence-corrected chi connectivity index (χ1v) is 23.2. The van der Waals surface area contributed by atoms with Gasteiger partial charge in [-0.2, -0.15) is 0 Å². The van der Waals surface area contributed by atoms with Crippen LogP contribution in [0.4, 0.5) is 17.1 Å². The summed E-state index contributed by atoms with van der Waals surface area (Å²) in [7, 11) is 0. The molecule has 0 aliphatic heterocycles. The molecule has 0 atom stereocenters. The molecule has 4 heteroatoms. The Hall–Kier alpha value is -9.12. The van der Waals surface area contributed by atoms with Crippen LogP contribution in [-0.4, -0.2) is 4.57 Å². The van der Waals surface area contributed by atoms with Crippen LogP contribution >= 0.6 is 0 Å². The first-order chi connectivity index (χ1) is 33.7. The highest BCUT2D eigenvalue weighted by molar-refractivity contribution is 6.18. The number of anilines is 3. The average molecular weight is 869 g/mol. The molecule has 0 bridgehead atoms. The van der Waals surface area contributed by atoms with Gasteiger partial charge in [0.1, 0.15) is 22.3 Å². The van der Waals surface area contributed by atoms with E-state index < -0.39 is 0 Å². The number of rotatable bonds is 7. The average Bonchev–Trinajstić information content (AvgIpc) is 4.10. The molecule has 0 spiro atoms. The van der Waals surface area contributed by atoms with Crippen LogP contribution in [0.3, 0.4) is 0 Å². The second-order valence-electron chi connectivity index (χ2n) is 17.6. The van der Waals surface area contributed by atoms with E-state index in [1.54, 1.807) is 0 Å². The van der Waals surface area contributed by atoms with Crippen molar-refractivity contribution in [2.75, 3.05) is 4.90 Å². The summed E-state index contributed by atoms with van der Waals surface area (Å²) in [6, 6.07) is 86.9. The largest absolute Gasteiger partial charge is 0.456 e. The van der Waals surface area contributed by atoms with Gasteiger partial charge in [0.2, 0.25) is 0 Å². The molecule has 0 fully saturated rings. The van der Waals surface area contributed by atoms with Crippen molar-refractivity contribution in [1.29, 1.82) is 0 Å². The van der Waals surface area contributed by atoms with Gasteiger partial charge in [0, 0.05) is 49.6 Å². The van der Waals surface area contributed by atoms with Crippen LogP contribution in [0.1, 0.15) is 0 Å². The molecule has 0 saturated heterocycles. The van der Waals surface area contributed by atoms with Gasteiger partial charge in [-0.15, -0.1) is 0 Å². The summed E-state index contributed by atoms with van der Waals surface area (Å²) in [5.74, 6) is 0. The molecular formula is C64H40N2O2. The number of nitrogens with zero attached hydrogens (tertiary/aromatic N) is 2. The third kappa shape index (κ3) is 5.94. The molecule has 14 aromatic rings. The summed E-state index contributed by atoms with van der Waals surface area (Å²) in [5, 5.41) is 9.32. The predicted octanol–water partition coefficient (Wildman–Crippen LogP) is 18.2. The molecular weight excluding hydrogens is 829 g/mol.